The molecule has 1 atom stereocenters. The molecule has 0 radical (unpaired) electrons. The average molecular weight is 374 g/mol. The lowest BCUT2D eigenvalue weighted by Crippen LogP contribution is -2.31. The minimum Gasteiger partial charge on any atom is -0.480 e. The molecule has 6 heteroatoms. The lowest BCUT2D eigenvalue weighted by Gasteiger charge is -2.21. The fourth-order valence-corrected chi connectivity index (χ4v) is 2.70. The average Bonchev–Trinajstić information content (AvgIpc) is 2.46. The van der Waals surface area contributed by atoms with E-state index in [2.05, 4.69) is 25.9 Å². The fourth-order valence-electron chi connectivity index (χ4n) is 2.10. The molecule has 2 rings (SSSR count). The Kier molecular flexibility index (Phi) is 6.06. The topological polar surface area (TPSA) is 43.2 Å². The van der Waals surface area contributed by atoms with Crippen molar-refractivity contribution < 1.29 is 9.47 Å². The van der Waals surface area contributed by atoms with Gasteiger partial charge in [-0.15, -0.1) is 0 Å². The van der Waals surface area contributed by atoms with Gasteiger partial charge in [0, 0.05) is 15.9 Å². The molecule has 0 saturated heterocycles. The third-order valence-corrected chi connectivity index (χ3v) is 3.99. The van der Waals surface area contributed by atoms with Gasteiger partial charge in [-0.2, -0.15) is 0 Å². The minimum atomic E-state index is -0.171. The first-order valence-electron chi connectivity index (χ1n) is 6.94. The van der Waals surface area contributed by atoms with Gasteiger partial charge in [0.15, 0.2) is 0 Å². The van der Waals surface area contributed by atoms with Gasteiger partial charge in [0.25, 0.3) is 0 Å². The maximum atomic E-state index is 6.07. The molecule has 1 unspecified atom stereocenters. The van der Waals surface area contributed by atoms with Crippen LogP contribution in [0.15, 0.2) is 32.7 Å². The van der Waals surface area contributed by atoms with Crippen molar-refractivity contribution in [2.24, 2.45) is 9.98 Å². The van der Waals surface area contributed by atoms with Gasteiger partial charge in [-0.1, -0.05) is 27.5 Å². The van der Waals surface area contributed by atoms with Crippen LogP contribution in [-0.2, 0) is 15.9 Å². The van der Waals surface area contributed by atoms with E-state index in [1.54, 1.807) is 0 Å². The van der Waals surface area contributed by atoms with Crippen LogP contribution in [0, 0.1) is 0 Å². The number of ether oxygens (including phenoxy) is 2. The first-order valence-corrected chi connectivity index (χ1v) is 8.11. The highest BCUT2D eigenvalue weighted by Crippen LogP contribution is 2.24. The number of nitrogens with zero attached hydrogens (tertiary/aromatic N) is 2. The predicted octanol–water partition coefficient (Wildman–Crippen LogP) is 3.90. The Morgan fingerprint density at radius 1 is 1.29 bits per heavy atom. The molecule has 1 aliphatic heterocycles. The van der Waals surface area contributed by atoms with E-state index in [1.807, 2.05) is 32.0 Å². The van der Waals surface area contributed by atoms with Gasteiger partial charge in [0.2, 0.25) is 11.8 Å². The van der Waals surface area contributed by atoms with Crippen molar-refractivity contribution in [1.29, 1.82) is 0 Å². The molecule has 114 valence electrons. The summed E-state index contributed by atoms with van der Waals surface area (Å²) in [5, 5.41) is 0.702. The Labute approximate surface area is 138 Å². The van der Waals surface area contributed by atoms with Gasteiger partial charge in [-0.25, -0.2) is 9.98 Å². The molecule has 4 nitrogen and oxygen atoms in total. The number of hydrogen-bond donors (Lipinski definition) is 0. The van der Waals surface area contributed by atoms with Gasteiger partial charge in [0.1, 0.15) is 12.6 Å². The molecule has 0 saturated carbocycles. The largest absolute Gasteiger partial charge is 0.480 e. The van der Waals surface area contributed by atoms with Crippen LogP contribution in [0.25, 0.3) is 0 Å². The third kappa shape index (κ3) is 4.45. The second-order valence-corrected chi connectivity index (χ2v) is 5.79. The molecule has 0 spiro atoms. The summed E-state index contributed by atoms with van der Waals surface area (Å²) in [5.41, 5.74) is 1.07. The zero-order valence-electron chi connectivity index (χ0n) is 12.1. The van der Waals surface area contributed by atoms with E-state index in [-0.39, 0.29) is 6.04 Å². The molecular formula is C15H18BrClN2O2. The standard InChI is InChI=1S/C15H18BrClN2O2/c1-3-20-14-9-18-15(21-4-2)13(19-14)8-10-7-11(17)5-6-12(10)16/h5-7,13H,3-4,8-9H2,1-2H3. The molecule has 21 heavy (non-hydrogen) atoms. The Hall–Kier alpha value is -1.07. The molecular weight excluding hydrogens is 356 g/mol. The Morgan fingerprint density at radius 3 is 2.76 bits per heavy atom. The highest BCUT2D eigenvalue weighted by Gasteiger charge is 2.23. The van der Waals surface area contributed by atoms with Gasteiger partial charge in [-0.05, 0) is 37.6 Å². The van der Waals surface area contributed by atoms with Crippen molar-refractivity contribution in [3.63, 3.8) is 0 Å². The SMILES string of the molecule is CCOC1=NC(Cc2cc(Cl)ccc2Br)C(OCC)=NC1. The number of hydrogen-bond acceptors (Lipinski definition) is 4. The fraction of sp³-hybridized carbons (Fsp3) is 0.467. The van der Waals surface area contributed by atoms with Crippen molar-refractivity contribution in [2.75, 3.05) is 19.8 Å². The van der Waals surface area contributed by atoms with E-state index >= 15 is 0 Å². The zero-order chi connectivity index (χ0) is 15.2. The van der Waals surface area contributed by atoms with Crippen LogP contribution in [0.1, 0.15) is 19.4 Å². The maximum Gasteiger partial charge on any atom is 0.209 e. The molecule has 1 aromatic carbocycles. The molecule has 0 N–H and O–H groups in total. The number of rotatable bonds is 4. The highest BCUT2D eigenvalue weighted by atomic mass is 79.9. The number of aliphatic imine (C=N–C) groups is 2. The van der Waals surface area contributed by atoms with Crippen LogP contribution in [0.4, 0.5) is 0 Å². The predicted molar refractivity (Wildman–Crippen MR) is 89.6 cm³/mol. The first kappa shape index (κ1) is 16.3. The lowest BCUT2D eigenvalue weighted by molar-refractivity contribution is 0.293. The zero-order valence-corrected chi connectivity index (χ0v) is 14.4. The van der Waals surface area contributed by atoms with Crippen molar-refractivity contribution >= 4 is 39.3 Å². The Balaban J connectivity index is 2.21. The summed E-state index contributed by atoms with van der Waals surface area (Å²) in [7, 11) is 0. The van der Waals surface area contributed by atoms with E-state index in [0.717, 1.165) is 10.0 Å². The molecule has 0 aromatic heterocycles. The second-order valence-electron chi connectivity index (χ2n) is 4.50. The summed E-state index contributed by atoms with van der Waals surface area (Å²) in [5.74, 6) is 1.32. The second kappa shape index (κ2) is 7.80. The molecule has 0 fully saturated rings. The van der Waals surface area contributed by atoms with Crippen LogP contribution in [-0.4, -0.2) is 37.6 Å². The van der Waals surface area contributed by atoms with Crippen LogP contribution < -0.4 is 0 Å². The number of halogens is 2. The summed E-state index contributed by atoms with van der Waals surface area (Å²) in [4.78, 5) is 9.05. The van der Waals surface area contributed by atoms with E-state index in [1.165, 1.54) is 0 Å². The quantitative estimate of drug-likeness (QED) is 0.803. The summed E-state index contributed by atoms with van der Waals surface area (Å²) in [6.45, 7) is 5.48. The molecule has 1 aromatic rings. The van der Waals surface area contributed by atoms with Crippen molar-refractivity contribution in [3.8, 4) is 0 Å². The molecule has 0 bridgehead atoms. The van der Waals surface area contributed by atoms with Gasteiger partial charge in [0.05, 0.1) is 13.2 Å². The smallest absolute Gasteiger partial charge is 0.209 e. The van der Waals surface area contributed by atoms with Crippen molar-refractivity contribution in [2.45, 2.75) is 26.3 Å². The van der Waals surface area contributed by atoms with Crippen LogP contribution >= 0.6 is 27.5 Å². The van der Waals surface area contributed by atoms with Crippen molar-refractivity contribution in [3.05, 3.63) is 33.3 Å². The third-order valence-electron chi connectivity index (χ3n) is 2.98. The molecule has 1 heterocycles. The van der Waals surface area contributed by atoms with E-state index in [4.69, 9.17) is 21.1 Å². The Morgan fingerprint density at radius 2 is 2.05 bits per heavy atom. The van der Waals surface area contributed by atoms with Crippen LogP contribution in [0.2, 0.25) is 5.02 Å². The van der Waals surface area contributed by atoms with E-state index in [0.29, 0.717) is 43.0 Å². The van der Waals surface area contributed by atoms with E-state index in [9.17, 15) is 0 Å². The van der Waals surface area contributed by atoms with Crippen molar-refractivity contribution in [1.82, 2.24) is 0 Å². The number of benzene rings is 1. The van der Waals surface area contributed by atoms with Gasteiger partial charge < -0.3 is 9.47 Å². The summed E-state index contributed by atoms with van der Waals surface area (Å²) in [6, 6.07) is 5.54. The Bertz CT molecular complexity index is 561. The van der Waals surface area contributed by atoms with E-state index < -0.39 is 0 Å². The summed E-state index contributed by atoms with van der Waals surface area (Å²) >= 11 is 9.61. The minimum absolute atomic E-state index is 0.171. The van der Waals surface area contributed by atoms with Crippen LogP contribution in [0.3, 0.4) is 0 Å². The summed E-state index contributed by atoms with van der Waals surface area (Å²) in [6.07, 6.45) is 0.663. The summed E-state index contributed by atoms with van der Waals surface area (Å²) < 4.78 is 12.1. The molecule has 0 aliphatic carbocycles. The van der Waals surface area contributed by atoms with Gasteiger partial charge in [-0.3, -0.25) is 0 Å². The molecule has 0 amide bonds. The van der Waals surface area contributed by atoms with Crippen LogP contribution in [0.5, 0.6) is 0 Å². The molecule has 1 aliphatic rings. The highest BCUT2D eigenvalue weighted by molar-refractivity contribution is 9.10. The van der Waals surface area contributed by atoms with Gasteiger partial charge >= 0.3 is 0 Å². The lowest BCUT2D eigenvalue weighted by atomic mass is 10.1. The first-order chi connectivity index (χ1) is 10.1. The normalized spacial score (nSPS) is 18.0. The maximum absolute atomic E-state index is 6.07. The monoisotopic (exact) mass is 372 g/mol.